The first-order valence-electron chi connectivity index (χ1n) is 14.8. The summed E-state index contributed by atoms with van der Waals surface area (Å²) in [7, 11) is 0. The zero-order valence-electron chi connectivity index (χ0n) is 23.5. The van der Waals surface area contributed by atoms with Gasteiger partial charge in [-0.2, -0.15) is 0 Å². The van der Waals surface area contributed by atoms with E-state index in [-0.39, 0.29) is 24.5 Å². The van der Waals surface area contributed by atoms with Gasteiger partial charge in [0.25, 0.3) is 0 Å². The van der Waals surface area contributed by atoms with Crippen molar-refractivity contribution >= 4 is 64.6 Å². The third-order valence-electron chi connectivity index (χ3n) is 9.59. The van der Waals surface area contributed by atoms with Crippen LogP contribution in [0.5, 0.6) is 0 Å². The number of rotatable bonds is 7. The Morgan fingerprint density at radius 2 is 0.805 bits per heavy atom. The van der Waals surface area contributed by atoms with Gasteiger partial charge in [-0.15, -0.1) is 0 Å². The molecular formula is C39H33NO. The van der Waals surface area contributed by atoms with Crippen LogP contribution in [0, 0.1) is 0 Å². The van der Waals surface area contributed by atoms with E-state index in [0.29, 0.717) is 6.54 Å². The molecular weight excluding hydrogens is 498 g/mol. The number of hydrogen-bond donors (Lipinski definition) is 2. The Bertz CT molecular complexity index is 1910. The van der Waals surface area contributed by atoms with Gasteiger partial charge in [0.1, 0.15) is 0 Å². The quantitative estimate of drug-likeness (QED) is 0.201. The largest absolute Gasteiger partial charge is 0.395 e. The zero-order chi connectivity index (χ0) is 27.7. The Hall–Kier alpha value is -4.24. The SMILES string of the molecule is C[C@@H](c1cc2ccc3cccc4ccc(c1)c2c34)C(NCCO)[C@@H](C)c1cc2ccc3cccc4ccc(c1)c2c34. The van der Waals surface area contributed by atoms with Gasteiger partial charge in [-0.25, -0.2) is 0 Å². The molecule has 0 aromatic heterocycles. The minimum Gasteiger partial charge on any atom is -0.395 e. The Morgan fingerprint density at radius 3 is 1.15 bits per heavy atom. The molecule has 41 heavy (non-hydrogen) atoms. The van der Waals surface area contributed by atoms with E-state index in [1.165, 1.54) is 75.8 Å². The van der Waals surface area contributed by atoms with Crippen molar-refractivity contribution in [1.82, 2.24) is 5.32 Å². The molecule has 0 amide bonds. The van der Waals surface area contributed by atoms with E-state index in [1.54, 1.807) is 0 Å². The van der Waals surface area contributed by atoms with Crippen LogP contribution >= 0.6 is 0 Å². The Morgan fingerprint density at radius 1 is 0.488 bits per heavy atom. The average molecular weight is 532 g/mol. The van der Waals surface area contributed by atoms with Gasteiger partial charge in [-0.05, 0) is 87.6 Å². The van der Waals surface area contributed by atoms with E-state index in [9.17, 15) is 5.11 Å². The second-order valence-electron chi connectivity index (χ2n) is 11.9. The maximum atomic E-state index is 9.80. The molecule has 0 aliphatic carbocycles. The van der Waals surface area contributed by atoms with Crippen LogP contribution in [0.15, 0.2) is 109 Å². The zero-order valence-corrected chi connectivity index (χ0v) is 23.5. The average Bonchev–Trinajstić information content (AvgIpc) is 3.02. The molecule has 0 bridgehead atoms. The van der Waals surface area contributed by atoms with Crippen molar-refractivity contribution in [3.63, 3.8) is 0 Å². The summed E-state index contributed by atoms with van der Waals surface area (Å²) in [4.78, 5) is 0. The number of aliphatic hydroxyl groups is 1. The Balaban J connectivity index is 1.23. The standard InChI is InChI=1S/C39H33NO/c1-23(33-19-29-13-9-25-5-3-6-26-10-14-30(20-33)37(29)35(25)26)39(40-17-18-41)24(2)34-21-31-15-11-27-7-4-8-28-12-16-32(22-34)38(31)36(27)28/h3-16,19-24,39-41H,17-18H2,1-2H3/t23-,24-/m0/s1. The predicted octanol–water partition coefficient (Wildman–Crippen LogP) is 9.34. The summed E-state index contributed by atoms with van der Waals surface area (Å²) in [6, 6.07) is 41.0. The van der Waals surface area contributed by atoms with Crippen LogP contribution in [-0.2, 0) is 0 Å². The third kappa shape index (κ3) is 3.79. The summed E-state index contributed by atoms with van der Waals surface area (Å²) in [5.74, 6) is 0.480. The third-order valence-corrected chi connectivity index (χ3v) is 9.59. The van der Waals surface area contributed by atoms with Gasteiger partial charge in [-0.3, -0.25) is 0 Å². The summed E-state index contributed by atoms with van der Waals surface area (Å²) in [5.41, 5.74) is 2.66. The van der Waals surface area contributed by atoms with Crippen LogP contribution in [0.25, 0.3) is 64.6 Å². The first-order valence-corrected chi connectivity index (χ1v) is 14.8. The lowest BCUT2D eigenvalue weighted by molar-refractivity contribution is 0.273. The van der Waals surface area contributed by atoms with Crippen molar-refractivity contribution < 1.29 is 5.11 Å². The highest BCUT2D eigenvalue weighted by atomic mass is 16.3. The number of hydrogen-bond acceptors (Lipinski definition) is 2. The van der Waals surface area contributed by atoms with Crippen LogP contribution < -0.4 is 5.32 Å². The molecule has 2 N–H and O–H groups in total. The molecule has 0 aliphatic heterocycles. The summed E-state index contributed by atoms with van der Waals surface area (Å²) >= 11 is 0. The van der Waals surface area contributed by atoms with Gasteiger partial charge in [-0.1, -0.05) is 123 Å². The van der Waals surface area contributed by atoms with Crippen molar-refractivity contribution in [2.24, 2.45) is 0 Å². The number of nitrogens with one attached hydrogen (secondary N) is 1. The molecule has 0 saturated heterocycles. The minimum atomic E-state index is 0.122. The van der Waals surface area contributed by atoms with Crippen LogP contribution in [0.1, 0.15) is 36.8 Å². The van der Waals surface area contributed by atoms with Gasteiger partial charge in [0.05, 0.1) is 6.61 Å². The predicted molar refractivity (Wildman–Crippen MR) is 176 cm³/mol. The lowest BCUT2D eigenvalue weighted by Gasteiger charge is -2.32. The van der Waals surface area contributed by atoms with Crippen molar-refractivity contribution in [1.29, 1.82) is 0 Å². The van der Waals surface area contributed by atoms with Gasteiger partial charge >= 0.3 is 0 Å². The maximum absolute atomic E-state index is 9.80. The summed E-state index contributed by atoms with van der Waals surface area (Å²) < 4.78 is 0. The molecule has 2 heteroatoms. The highest BCUT2D eigenvalue weighted by Crippen LogP contribution is 2.40. The molecule has 0 saturated carbocycles. The summed E-state index contributed by atoms with van der Waals surface area (Å²) in [6.45, 7) is 5.37. The lowest BCUT2D eigenvalue weighted by Crippen LogP contribution is -2.39. The van der Waals surface area contributed by atoms with Crippen molar-refractivity contribution in [3.05, 3.63) is 120 Å². The lowest BCUT2D eigenvalue weighted by atomic mass is 9.79. The monoisotopic (exact) mass is 531 g/mol. The van der Waals surface area contributed by atoms with E-state index in [2.05, 4.69) is 128 Å². The molecule has 200 valence electrons. The van der Waals surface area contributed by atoms with Gasteiger partial charge in [0, 0.05) is 12.6 Å². The summed E-state index contributed by atoms with van der Waals surface area (Å²) in [5, 5.41) is 29.3. The van der Waals surface area contributed by atoms with Crippen LogP contribution in [0.4, 0.5) is 0 Å². The molecule has 0 aliphatic rings. The highest BCUT2D eigenvalue weighted by molar-refractivity contribution is 6.24. The molecule has 0 unspecified atom stereocenters. The fraction of sp³-hybridized carbons (Fsp3) is 0.179. The van der Waals surface area contributed by atoms with Crippen LogP contribution in [-0.4, -0.2) is 24.3 Å². The van der Waals surface area contributed by atoms with E-state index in [0.717, 1.165) is 0 Å². The van der Waals surface area contributed by atoms with Crippen molar-refractivity contribution in [3.8, 4) is 0 Å². The molecule has 8 aromatic rings. The van der Waals surface area contributed by atoms with Crippen LogP contribution in [0.3, 0.4) is 0 Å². The molecule has 0 heterocycles. The number of aliphatic hydroxyl groups excluding tert-OH is 1. The second kappa shape index (κ2) is 9.41. The maximum Gasteiger partial charge on any atom is 0.0556 e. The molecule has 2 atom stereocenters. The van der Waals surface area contributed by atoms with E-state index < -0.39 is 0 Å². The molecule has 0 radical (unpaired) electrons. The first kappa shape index (κ1) is 24.5. The normalized spacial score (nSPS) is 14.0. The Kier molecular flexibility index (Phi) is 5.63. The molecule has 8 aromatic carbocycles. The topological polar surface area (TPSA) is 32.3 Å². The highest BCUT2D eigenvalue weighted by Gasteiger charge is 2.27. The fourth-order valence-corrected chi connectivity index (χ4v) is 7.51. The molecule has 0 spiro atoms. The first-order chi connectivity index (χ1) is 20.1. The van der Waals surface area contributed by atoms with Crippen molar-refractivity contribution in [2.45, 2.75) is 31.7 Å². The molecule has 2 nitrogen and oxygen atoms in total. The van der Waals surface area contributed by atoms with Crippen molar-refractivity contribution in [2.75, 3.05) is 13.2 Å². The fourth-order valence-electron chi connectivity index (χ4n) is 7.51. The molecule has 0 fully saturated rings. The van der Waals surface area contributed by atoms with Gasteiger partial charge in [0.2, 0.25) is 0 Å². The van der Waals surface area contributed by atoms with Gasteiger partial charge < -0.3 is 10.4 Å². The minimum absolute atomic E-state index is 0.122. The van der Waals surface area contributed by atoms with Crippen LogP contribution in [0.2, 0.25) is 0 Å². The smallest absolute Gasteiger partial charge is 0.0556 e. The summed E-state index contributed by atoms with van der Waals surface area (Å²) in [6.07, 6.45) is 0. The molecule has 8 rings (SSSR count). The Labute approximate surface area is 239 Å². The van der Waals surface area contributed by atoms with E-state index in [1.807, 2.05) is 0 Å². The van der Waals surface area contributed by atoms with Gasteiger partial charge in [0.15, 0.2) is 0 Å². The number of benzene rings is 8. The van der Waals surface area contributed by atoms with E-state index in [4.69, 9.17) is 0 Å². The second-order valence-corrected chi connectivity index (χ2v) is 11.9. The van der Waals surface area contributed by atoms with E-state index >= 15 is 0 Å².